The smallest absolute Gasteiger partial charge is 0.165 e. The topological polar surface area (TPSA) is 47.3 Å². The van der Waals surface area contributed by atoms with Crippen LogP contribution < -0.4 is 0 Å². The van der Waals surface area contributed by atoms with Crippen molar-refractivity contribution in [1.82, 2.24) is 14.6 Å². The zero-order chi connectivity index (χ0) is 8.55. The van der Waals surface area contributed by atoms with Gasteiger partial charge in [-0.15, -0.1) is 0 Å². The SMILES string of the molecule is Cc1ccn2ncc(C=O)c2n1. The third-order valence-electron chi connectivity index (χ3n) is 1.66. The lowest BCUT2D eigenvalue weighted by Crippen LogP contribution is -1.91. The summed E-state index contributed by atoms with van der Waals surface area (Å²) in [5, 5.41) is 3.95. The summed E-state index contributed by atoms with van der Waals surface area (Å²) >= 11 is 0. The van der Waals surface area contributed by atoms with Crippen LogP contribution in [0.5, 0.6) is 0 Å². The highest BCUT2D eigenvalue weighted by Crippen LogP contribution is 2.05. The third-order valence-corrected chi connectivity index (χ3v) is 1.66. The molecule has 0 aromatic carbocycles. The van der Waals surface area contributed by atoms with Crippen LogP contribution in [0.1, 0.15) is 16.1 Å². The molecular weight excluding hydrogens is 154 g/mol. The fourth-order valence-corrected chi connectivity index (χ4v) is 1.06. The lowest BCUT2D eigenvalue weighted by molar-refractivity contribution is 0.112. The summed E-state index contributed by atoms with van der Waals surface area (Å²) in [4.78, 5) is 14.7. The van der Waals surface area contributed by atoms with Gasteiger partial charge >= 0.3 is 0 Å². The monoisotopic (exact) mass is 161 g/mol. The number of fused-ring (bicyclic) bond motifs is 1. The number of hydrogen-bond acceptors (Lipinski definition) is 3. The van der Waals surface area contributed by atoms with Gasteiger partial charge < -0.3 is 0 Å². The van der Waals surface area contributed by atoms with Gasteiger partial charge in [-0.1, -0.05) is 0 Å². The Labute approximate surface area is 68.8 Å². The predicted molar refractivity (Wildman–Crippen MR) is 43.1 cm³/mol. The van der Waals surface area contributed by atoms with Crippen LogP contribution in [0.4, 0.5) is 0 Å². The van der Waals surface area contributed by atoms with Crippen LogP contribution in [0.2, 0.25) is 0 Å². The highest BCUT2D eigenvalue weighted by Gasteiger charge is 2.02. The van der Waals surface area contributed by atoms with Crippen molar-refractivity contribution in [1.29, 1.82) is 0 Å². The van der Waals surface area contributed by atoms with Crippen molar-refractivity contribution in [3.8, 4) is 0 Å². The second kappa shape index (κ2) is 2.41. The molecule has 0 spiro atoms. The predicted octanol–water partition coefficient (Wildman–Crippen LogP) is 0.850. The van der Waals surface area contributed by atoms with Crippen LogP contribution in [0.15, 0.2) is 18.5 Å². The molecular formula is C8H7N3O. The molecule has 0 unspecified atom stereocenters. The van der Waals surface area contributed by atoms with Gasteiger partial charge in [-0.3, -0.25) is 4.79 Å². The average Bonchev–Trinajstić information content (AvgIpc) is 2.46. The van der Waals surface area contributed by atoms with E-state index in [2.05, 4.69) is 10.1 Å². The Morgan fingerprint density at radius 1 is 1.58 bits per heavy atom. The standard InChI is InChI=1S/C8H7N3O/c1-6-2-3-11-8(10-6)7(5-12)4-9-11/h2-5H,1H3. The molecule has 0 aliphatic rings. The Kier molecular flexibility index (Phi) is 1.40. The molecule has 0 saturated heterocycles. The van der Waals surface area contributed by atoms with E-state index in [4.69, 9.17) is 0 Å². The van der Waals surface area contributed by atoms with Crippen molar-refractivity contribution < 1.29 is 4.79 Å². The summed E-state index contributed by atoms with van der Waals surface area (Å²) in [6.45, 7) is 1.88. The molecule has 0 radical (unpaired) electrons. The van der Waals surface area contributed by atoms with E-state index in [0.717, 1.165) is 12.0 Å². The lowest BCUT2D eigenvalue weighted by atomic mass is 10.3. The van der Waals surface area contributed by atoms with Crippen molar-refractivity contribution >= 4 is 11.9 Å². The molecule has 0 fully saturated rings. The molecule has 2 aromatic rings. The first-order chi connectivity index (χ1) is 5.81. The number of carbonyl (C=O) groups is 1. The van der Waals surface area contributed by atoms with Gasteiger partial charge in [0, 0.05) is 11.9 Å². The van der Waals surface area contributed by atoms with E-state index in [-0.39, 0.29) is 0 Å². The number of hydrogen-bond donors (Lipinski definition) is 0. The molecule has 0 atom stereocenters. The normalized spacial score (nSPS) is 10.4. The van der Waals surface area contributed by atoms with Gasteiger partial charge in [0.15, 0.2) is 11.9 Å². The van der Waals surface area contributed by atoms with Crippen LogP contribution in [-0.2, 0) is 0 Å². The van der Waals surface area contributed by atoms with Crippen LogP contribution in [0.3, 0.4) is 0 Å². The van der Waals surface area contributed by atoms with Crippen LogP contribution in [0, 0.1) is 6.92 Å². The Bertz CT molecular complexity index is 433. The molecule has 60 valence electrons. The summed E-state index contributed by atoms with van der Waals surface area (Å²) in [5.74, 6) is 0. The molecule has 0 N–H and O–H groups in total. The highest BCUT2D eigenvalue weighted by atomic mass is 16.1. The van der Waals surface area contributed by atoms with Crippen molar-refractivity contribution in [3.05, 3.63) is 29.7 Å². The molecule has 4 nitrogen and oxygen atoms in total. The lowest BCUT2D eigenvalue weighted by Gasteiger charge is -1.93. The highest BCUT2D eigenvalue weighted by molar-refractivity contribution is 5.83. The van der Waals surface area contributed by atoms with Gasteiger partial charge in [-0.2, -0.15) is 5.10 Å². The first kappa shape index (κ1) is 6.97. The zero-order valence-electron chi connectivity index (χ0n) is 6.56. The van der Waals surface area contributed by atoms with E-state index in [1.807, 2.05) is 13.0 Å². The Balaban J connectivity index is 2.83. The second-order valence-corrected chi connectivity index (χ2v) is 2.55. The number of aldehydes is 1. The van der Waals surface area contributed by atoms with Gasteiger partial charge in [0.1, 0.15) is 0 Å². The maximum Gasteiger partial charge on any atom is 0.165 e. The van der Waals surface area contributed by atoms with E-state index in [9.17, 15) is 4.79 Å². The number of carbonyl (C=O) groups excluding carboxylic acids is 1. The van der Waals surface area contributed by atoms with Crippen molar-refractivity contribution in [2.24, 2.45) is 0 Å². The van der Waals surface area contributed by atoms with Crippen LogP contribution >= 0.6 is 0 Å². The molecule has 4 heteroatoms. The first-order valence-electron chi connectivity index (χ1n) is 3.57. The molecule has 0 saturated carbocycles. The Morgan fingerprint density at radius 2 is 2.42 bits per heavy atom. The van der Waals surface area contributed by atoms with Crippen molar-refractivity contribution in [3.63, 3.8) is 0 Å². The molecule has 0 aliphatic heterocycles. The Hall–Kier alpha value is -1.71. The maximum absolute atomic E-state index is 10.5. The first-order valence-corrected chi connectivity index (χ1v) is 3.57. The number of aromatic nitrogens is 3. The summed E-state index contributed by atoms with van der Waals surface area (Å²) in [6, 6.07) is 1.84. The zero-order valence-corrected chi connectivity index (χ0v) is 6.56. The molecule has 0 amide bonds. The summed E-state index contributed by atoms with van der Waals surface area (Å²) in [7, 11) is 0. The molecule has 2 aromatic heterocycles. The summed E-state index contributed by atoms with van der Waals surface area (Å²) in [6.07, 6.45) is 4.05. The van der Waals surface area contributed by atoms with Gasteiger partial charge in [0.05, 0.1) is 11.8 Å². The summed E-state index contributed by atoms with van der Waals surface area (Å²) < 4.78 is 1.58. The Morgan fingerprint density at radius 3 is 3.17 bits per heavy atom. The molecule has 2 rings (SSSR count). The third kappa shape index (κ3) is 0.887. The van der Waals surface area contributed by atoms with Crippen LogP contribution in [0.25, 0.3) is 5.65 Å². The van der Waals surface area contributed by atoms with E-state index in [1.165, 1.54) is 6.20 Å². The largest absolute Gasteiger partial charge is 0.298 e. The maximum atomic E-state index is 10.5. The van der Waals surface area contributed by atoms with Crippen molar-refractivity contribution in [2.75, 3.05) is 0 Å². The van der Waals surface area contributed by atoms with E-state index in [0.29, 0.717) is 11.2 Å². The van der Waals surface area contributed by atoms with Gasteiger partial charge in [-0.25, -0.2) is 9.50 Å². The molecule has 2 heterocycles. The quantitative estimate of drug-likeness (QED) is 0.582. The van der Waals surface area contributed by atoms with E-state index in [1.54, 1.807) is 10.7 Å². The average molecular weight is 161 g/mol. The fraction of sp³-hybridized carbons (Fsp3) is 0.125. The van der Waals surface area contributed by atoms with Gasteiger partial charge in [0.25, 0.3) is 0 Å². The van der Waals surface area contributed by atoms with Gasteiger partial charge in [0.2, 0.25) is 0 Å². The van der Waals surface area contributed by atoms with E-state index < -0.39 is 0 Å². The van der Waals surface area contributed by atoms with Crippen LogP contribution in [-0.4, -0.2) is 20.9 Å². The number of nitrogens with zero attached hydrogens (tertiary/aromatic N) is 3. The molecule has 0 bridgehead atoms. The fourth-order valence-electron chi connectivity index (χ4n) is 1.06. The van der Waals surface area contributed by atoms with Gasteiger partial charge in [-0.05, 0) is 13.0 Å². The summed E-state index contributed by atoms with van der Waals surface area (Å²) in [5.41, 5.74) is 2.02. The minimum atomic E-state index is 0.527. The number of rotatable bonds is 1. The van der Waals surface area contributed by atoms with Crippen molar-refractivity contribution in [2.45, 2.75) is 6.92 Å². The molecule has 0 aliphatic carbocycles. The van der Waals surface area contributed by atoms with E-state index >= 15 is 0 Å². The minimum absolute atomic E-state index is 0.527. The second-order valence-electron chi connectivity index (χ2n) is 2.55. The molecule has 12 heavy (non-hydrogen) atoms. The minimum Gasteiger partial charge on any atom is -0.298 e. The number of aryl methyl sites for hydroxylation is 1.